The molecule has 2 aromatic carbocycles. The molecule has 2 N–H and O–H groups in total. The lowest BCUT2D eigenvalue weighted by atomic mass is 9.92. The number of esters is 1. The van der Waals surface area contributed by atoms with E-state index in [-0.39, 0.29) is 16.7 Å². The van der Waals surface area contributed by atoms with Crippen molar-refractivity contribution in [3.05, 3.63) is 72.4 Å². The summed E-state index contributed by atoms with van der Waals surface area (Å²) >= 11 is 1.47. The molecule has 0 bridgehead atoms. The number of rotatable bonds is 11. The maximum Gasteiger partial charge on any atom is 0.324 e. The topological polar surface area (TPSA) is 119 Å². The second-order valence-corrected chi connectivity index (χ2v) is 12.0. The highest BCUT2D eigenvalue weighted by molar-refractivity contribution is 7.98. The number of hydrogen-bond acceptors (Lipinski definition) is 7. The molecular weight excluding hydrogens is 512 g/mol. The van der Waals surface area contributed by atoms with E-state index in [1.165, 1.54) is 23.9 Å². The van der Waals surface area contributed by atoms with E-state index in [0.29, 0.717) is 11.6 Å². The molecule has 1 amide bonds. The summed E-state index contributed by atoms with van der Waals surface area (Å²) in [4.78, 5) is 25.6. The number of carbonyl (C=O) groups is 2. The van der Waals surface area contributed by atoms with Gasteiger partial charge in [-0.15, -0.1) is 0 Å². The van der Waals surface area contributed by atoms with Crippen LogP contribution in [-0.2, 0) is 29.8 Å². The molecule has 3 rings (SSSR count). The fraction of sp³-hybridized carbons (Fsp3) is 0.346. The molecule has 37 heavy (non-hydrogen) atoms. The van der Waals surface area contributed by atoms with Crippen molar-refractivity contribution in [2.75, 3.05) is 23.9 Å². The highest BCUT2D eigenvalue weighted by atomic mass is 32.2. The Bertz CT molecular complexity index is 1300. The van der Waals surface area contributed by atoms with Gasteiger partial charge in [-0.25, -0.2) is 13.1 Å². The molecule has 0 aliphatic heterocycles. The van der Waals surface area contributed by atoms with Gasteiger partial charge in [-0.05, 0) is 42.7 Å². The van der Waals surface area contributed by atoms with Gasteiger partial charge in [0, 0.05) is 11.5 Å². The minimum atomic E-state index is -3.94. The van der Waals surface area contributed by atoms with Gasteiger partial charge >= 0.3 is 5.97 Å². The molecule has 1 atom stereocenters. The van der Waals surface area contributed by atoms with Crippen LogP contribution in [0.2, 0.25) is 0 Å². The van der Waals surface area contributed by atoms with E-state index in [2.05, 4.69) is 15.1 Å². The number of aromatic nitrogens is 2. The molecule has 1 aromatic heterocycles. The number of benzene rings is 2. The Morgan fingerprint density at radius 3 is 2.27 bits per heavy atom. The monoisotopic (exact) mass is 544 g/mol. The van der Waals surface area contributed by atoms with Crippen LogP contribution < -0.4 is 10.0 Å². The van der Waals surface area contributed by atoms with Crippen molar-refractivity contribution in [2.24, 2.45) is 0 Å². The lowest BCUT2D eigenvalue weighted by Crippen LogP contribution is -2.43. The first-order valence-electron chi connectivity index (χ1n) is 11.7. The summed E-state index contributed by atoms with van der Waals surface area (Å²) in [5.41, 5.74) is 1.28. The van der Waals surface area contributed by atoms with Crippen LogP contribution in [-0.4, -0.2) is 54.7 Å². The summed E-state index contributed by atoms with van der Waals surface area (Å²) in [6, 6.07) is 17.8. The molecule has 0 saturated heterocycles. The van der Waals surface area contributed by atoms with Gasteiger partial charge in [0.1, 0.15) is 11.9 Å². The number of para-hydroxylation sites is 1. The van der Waals surface area contributed by atoms with Crippen LogP contribution in [0.3, 0.4) is 0 Å². The number of hydrogen-bond donors (Lipinski definition) is 2. The Hall–Kier alpha value is -3.15. The summed E-state index contributed by atoms with van der Waals surface area (Å²) in [7, 11) is -3.94. The maximum absolute atomic E-state index is 12.8. The molecule has 0 aliphatic rings. The van der Waals surface area contributed by atoms with Crippen molar-refractivity contribution in [1.29, 1.82) is 0 Å². The number of nitrogens with one attached hydrogen (secondary N) is 2. The van der Waals surface area contributed by atoms with Crippen molar-refractivity contribution >= 4 is 39.5 Å². The number of sulfonamides is 1. The van der Waals surface area contributed by atoms with Crippen LogP contribution in [0, 0.1) is 0 Å². The standard InChI is InChI=1S/C26H32N4O5S2/c1-26(2,3)22-17-23(30(28-22)19-11-7-5-8-12-19)27-24(31)18-35-25(32)21(15-16-36-4)29-37(33,34)20-13-9-6-10-14-20/h5-14,17,21,29H,15-16,18H2,1-4H3,(H,27,31). The average molecular weight is 545 g/mol. The summed E-state index contributed by atoms with van der Waals surface area (Å²) in [5, 5.41) is 7.40. The molecule has 198 valence electrons. The van der Waals surface area contributed by atoms with E-state index in [1.54, 1.807) is 28.9 Å². The number of nitrogens with zero attached hydrogens (tertiary/aromatic N) is 2. The van der Waals surface area contributed by atoms with Gasteiger partial charge in [0.15, 0.2) is 6.61 Å². The largest absolute Gasteiger partial charge is 0.454 e. The van der Waals surface area contributed by atoms with Crippen molar-refractivity contribution in [1.82, 2.24) is 14.5 Å². The molecule has 0 radical (unpaired) electrons. The van der Waals surface area contributed by atoms with Gasteiger partial charge in [0.2, 0.25) is 10.0 Å². The average Bonchev–Trinajstić information content (AvgIpc) is 3.30. The van der Waals surface area contributed by atoms with Crippen LogP contribution in [0.5, 0.6) is 0 Å². The van der Waals surface area contributed by atoms with E-state index in [1.807, 2.05) is 57.4 Å². The molecule has 3 aromatic rings. The minimum absolute atomic E-state index is 0.0403. The number of ether oxygens (including phenoxy) is 1. The molecule has 9 nitrogen and oxygen atoms in total. The molecule has 1 unspecified atom stereocenters. The summed E-state index contributed by atoms with van der Waals surface area (Å²) in [6.45, 7) is 5.47. The van der Waals surface area contributed by atoms with Gasteiger partial charge in [0.25, 0.3) is 5.91 Å². The third-order valence-corrected chi connectivity index (χ3v) is 7.47. The molecular formula is C26H32N4O5S2. The van der Waals surface area contributed by atoms with E-state index in [4.69, 9.17) is 4.74 Å². The fourth-order valence-electron chi connectivity index (χ4n) is 3.33. The third kappa shape index (κ3) is 7.91. The second kappa shape index (κ2) is 12.4. The van der Waals surface area contributed by atoms with Crippen LogP contribution in [0.15, 0.2) is 71.6 Å². The molecule has 1 heterocycles. The van der Waals surface area contributed by atoms with E-state index < -0.39 is 34.5 Å². The van der Waals surface area contributed by atoms with Gasteiger partial charge < -0.3 is 10.1 Å². The first-order chi connectivity index (χ1) is 17.5. The Balaban J connectivity index is 1.70. The zero-order chi connectivity index (χ0) is 27.1. The first kappa shape index (κ1) is 28.4. The van der Waals surface area contributed by atoms with E-state index in [0.717, 1.165) is 11.4 Å². The molecule has 0 spiro atoms. The molecule has 0 aliphatic carbocycles. The summed E-state index contributed by atoms with van der Waals surface area (Å²) in [6.07, 6.45) is 2.06. The van der Waals surface area contributed by atoms with E-state index in [9.17, 15) is 18.0 Å². The summed E-state index contributed by atoms with van der Waals surface area (Å²) < 4.78 is 34.7. The van der Waals surface area contributed by atoms with Crippen molar-refractivity contribution in [3.63, 3.8) is 0 Å². The van der Waals surface area contributed by atoms with E-state index >= 15 is 0 Å². The SMILES string of the molecule is CSCCC(NS(=O)(=O)c1ccccc1)C(=O)OCC(=O)Nc1cc(C(C)(C)C)nn1-c1ccccc1. The Morgan fingerprint density at radius 1 is 1.05 bits per heavy atom. The quantitative estimate of drug-likeness (QED) is 0.353. The van der Waals surface area contributed by atoms with Crippen molar-refractivity contribution in [3.8, 4) is 5.69 Å². The van der Waals surface area contributed by atoms with Crippen molar-refractivity contribution < 1.29 is 22.7 Å². The number of carbonyl (C=O) groups excluding carboxylic acids is 2. The predicted octanol–water partition coefficient (Wildman–Crippen LogP) is 3.75. The van der Waals surface area contributed by atoms with Gasteiger partial charge in [0.05, 0.1) is 16.3 Å². The molecule has 0 fully saturated rings. The predicted molar refractivity (Wildman–Crippen MR) is 145 cm³/mol. The molecule has 0 saturated carbocycles. The highest BCUT2D eigenvalue weighted by Gasteiger charge is 2.27. The number of thioether (sulfide) groups is 1. The van der Waals surface area contributed by atoms with Gasteiger partial charge in [-0.1, -0.05) is 57.2 Å². The maximum atomic E-state index is 12.8. The normalized spacial score (nSPS) is 12.6. The lowest BCUT2D eigenvalue weighted by molar-refractivity contribution is -0.149. The second-order valence-electron chi connectivity index (χ2n) is 9.34. The Morgan fingerprint density at radius 2 is 1.68 bits per heavy atom. The minimum Gasteiger partial charge on any atom is -0.454 e. The first-order valence-corrected chi connectivity index (χ1v) is 14.6. The zero-order valence-corrected chi connectivity index (χ0v) is 22.9. The third-order valence-electron chi connectivity index (χ3n) is 5.34. The summed E-state index contributed by atoms with van der Waals surface area (Å²) in [5.74, 6) is -0.438. The number of anilines is 1. The molecule has 11 heteroatoms. The van der Waals surface area contributed by atoms with Crippen molar-refractivity contribution in [2.45, 2.75) is 43.5 Å². The van der Waals surface area contributed by atoms with Crippen LogP contribution >= 0.6 is 11.8 Å². The van der Waals surface area contributed by atoms with Crippen LogP contribution in [0.25, 0.3) is 5.69 Å². The van der Waals surface area contributed by atoms with Gasteiger partial charge in [-0.3, -0.25) is 9.59 Å². The lowest BCUT2D eigenvalue weighted by Gasteiger charge is -2.17. The van der Waals surface area contributed by atoms with Crippen LogP contribution in [0.4, 0.5) is 5.82 Å². The van der Waals surface area contributed by atoms with Crippen LogP contribution in [0.1, 0.15) is 32.9 Å². The fourth-order valence-corrected chi connectivity index (χ4v) is 5.05. The Kier molecular flexibility index (Phi) is 9.52. The zero-order valence-electron chi connectivity index (χ0n) is 21.3. The highest BCUT2D eigenvalue weighted by Crippen LogP contribution is 2.26. The van der Waals surface area contributed by atoms with Gasteiger partial charge in [-0.2, -0.15) is 21.6 Å². The smallest absolute Gasteiger partial charge is 0.324 e. The Labute approximate surface area is 222 Å². The number of amides is 1.